The van der Waals surface area contributed by atoms with E-state index in [1.54, 1.807) is 4.68 Å². The Morgan fingerprint density at radius 2 is 1.86 bits per heavy atom. The molecular formula is C25H29F3N6O. The van der Waals surface area contributed by atoms with E-state index in [0.29, 0.717) is 36.2 Å². The third-order valence-electron chi connectivity index (χ3n) is 7.04. The molecule has 0 bridgehead atoms. The molecule has 35 heavy (non-hydrogen) atoms. The minimum absolute atomic E-state index is 0.0249. The lowest BCUT2D eigenvalue weighted by Crippen LogP contribution is -2.31. The summed E-state index contributed by atoms with van der Waals surface area (Å²) in [7, 11) is 0. The molecule has 0 spiro atoms. The average molecular weight is 487 g/mol. The predicted octanol–water partition coefficient (Wildman–Crippen LogP) is 4.34. The van der Waals surface area contributed by atoms with Gasteiger partial charge in [0.2, 0.25) is 0 Å². The average Bonchev–Trinajstić information content (AvgIpc) is 3.42. The summed E-state index contributed by atoms with van der Waals surface area (Å²) in [6, 6.07) is 7.43. The lowest BCUT2D eigenvalue weighted by molar-refractivity contribution is -0.179. The molecule has 1 unspecified atom stereocenters. The number of amides is 1. The van der Waals surface area contributed by atoms with Gasteiger partial charge in [0.1, 0.15) is 17.3 Å². The molecule has 186 valence electrons. The molecule has 7 nitrogen and oxygen atoms in total. The maximum Gasteiger partial charge on any atom is 0.392 e. The highest BCUT2D eigenvalue weighted by molar-refractivity contribution is 5.94. The summed E-state index contributed by atoms with van der Waals surface area (Å²) < 4.78 is 42.9. The Balaban J connectivity index is 1.25. The molecule has 10 heteroatoms. The van der Waals surface area contributed by atoms with Gasteiger partial charge in [0.25, 0.3) is 5.91 Å². The zero-order valence-electron chi connectivity index (χ0n) is 19.9. The molecule has 2 aliphatic heterocycles. The summed E-state index contributed by atoms with van der Waals surface area (Å²) in [6.45, 7) is 5.61. The highest BCUT2D eigenvalue weighted by Crippen LogP contribution is 2.35. The summed E-state index contributed by atoms with van der Waals surface area (Å²) in [5, 5.41) is 7.41. The van der Waals surface area contributed by atoms with Crippen molar-refractivity contribution in [1.29, 1.82) is 0 Å². The summed E-state index contributed by atoms with van der Waals surface area (Å²) >= 11 is 0. The van der Waals surface area contributed by atoms with Crippen LogP contribution in [0.3, 0.4) is 0 Å². The van der Waals surface area contributed by atoms with E-state index >= 15 is 0 Å². The number of hydrogen-bond donors (Lipinski definition) is 1. The number of aryl methyl sites for hydroxylation is 2. The summed E-state index contributed by atoms with van der Waals surface area (Å²) in [6.07, 6.45) is -1.69. The summed E-state index contributed by atoms with van der Waals surface area (Å²) in [4.78, 5) is 22.1. The molecule has 0 fully saturated rings. The van der Waals surface area contributed by atoms with E-state index in [4.69, 9.17) is 4.98 Å². The van der Waals surface area contributed by atoms with Gasteiger partial charge in [0.05, 0.1) is 11.6 Å². The highest BCUT2D eigenvalue weighted by Gasteiger charge is 2.42. The fraction of sp³-hybridized carbons (Fsp3) is 0.520. The normalized spacial score (nSPS) is 19.8. The van der Waals surface area contributed by atoms with Crippen molar-refractivity contribution in [2.24, 2.45) is 11.8 Å². The molecule has 4 heterocycles. The van der Waals surface area contributed by atoms with Crippen LogP contribution in [0, 0.1) is 11.8 Å². The zero-order valence-corrected chi connectivity index (χ0v) is 19.9. The van der Waals surface area contributed by atoms with Gasteiger partial charge >= 0.3 is 6.18 Å². The molecular weight excluding hydrogens is 457 g/mol. The Kier molecular flexibility index (Phi) is 6.14. The van der Waals surface area contributed by atoms with Crippen molar-refractivity contribution in [3.05, 3.63) is 52.9 Å². The van der Waals surface area contributed by atoms with Gasteiger partial charge in [-0.1, -0.05) is 38.1 Å². The number of halogens is 3. The number of carbonyl (C=O) groups is 1. The maximum atomic E-state index is 13.1. The van der Waals surface area contributed by atoms with Crippen LogP contribution < -0.4 is 5.32 Å². The second-order valence-electron chi connectivity index (χ2n) is 9.61. The first kappa shape index (κ1) is 23.6. The number of carbonyl (C=O) groups excluding carboxylic acids is 1. The first-order valence-corrected chi connectivity index (χ1v) is 12.2. The molecule has 0 saturated carbocycles. The summed E-state index contributed by atoms with van der Waals surface area (Å²) in [5.74, 6) is 0.872. The molecule has 0 aliphatic carbocycles. The number of nitrogens with zero attached hydrogens (tertiary/aromatic N) is 5. The molecule has 1 amide bonds. The van der Waals surface area contributed by atoms with Crippen molar-refractivity contribution < 1.29 is 18.0 Å². The van der Waals surface area contributed by atoms with Crippen molar-refractivity contribution in [3.63, 3.8) is 0 Å². The molecule has 1 N–H and O–H groups in total. The molecule has 2 aliphatic rings. The molecule has 2 atom stereocenters. The smallest absolute Gasteiger partial charge is 0.347 e. The number of alkyl halides is 3. The fourth-order valence-corrected chi connectivity index (χ4v) is 4.96. The van der Waals surface area contributed by atoms with Gasteiger partial charge in [-0.05, 0) is 30.7 Å². The number of benzene rings is 1. The number of imidazole rings is 1. The Morgan fingerprint density at radius 3 is 2.57 bits per heavy atom. The Bertz CT molecular complexity index is 1230. The number of nitrogens with one attached hydrogen (secondary N) is 1. The second-order valence-corrected chi connectivity index (χ2v) is 9.61. The maximum absolute atomic E-state index is 13.1. The number of aromatic nitrogens is 5. The fourth-order valence-electron chi connectivity index (χ4n) is 4.96. The Labute approximate surface area is 201 Å². The van der Waals surface area contributed by atoms with Gasteiger partial charge in [-0.25, -0.2) is 14.6 Å². The van der Waals surface area contributed by atoms with Gasteiger partial charge in [0, 0.05) is 38.0 Å². The van der Waals surface area contributed by atoms with Gasteiger partial charge < -0.3 is 9.88 Å². The van der Waals surface area contributed by atoms with Crippen molar-refractivity contribution in [1.82, 2.24) is 29.6 Å². The number of hydrogen-bond acceptors (Lipinski definition) is 4. The molecule has 0 radical (unpaired) electrons. The minimum atomic E-state index is -4.21. The first-order valence-electron chi connectivity index (χ1n) is 12.2. The number of rotatable bonds is 5. The quantitative estimate of drug-likeness (QED) is 0.582. The molecule has 1 aromatic carbocycles. The third kappa shape index (κ3) is 4.70. The Hall–Kier alpha value is -3.17. The summed E-state index contributed by atoms with van der Waals surface area (Å²) in [5.41, 5.74) is 3.14. The third-order valence-corrected chi connectivity index (χ3v) is 7.04. The highest BCUT2D eigenvalue weighted by atomic mass is 19.4. The van der Waals surface area contributed by atoms with Crippen LogP contribution in [0.5, 0.6) is 0 Å². The van der Waals surface area contributed by atoms with Crippen molar-refractivity contribution in [2.45, 2.75) is 71.8 Å². The van der Waals surface area contributed by atoms with Crippen molar-refractivity contribution in [3.8, 4) is 11.4 Å². The van der Waals surface area contributed by atoms with Crippen molar-refractivity contribution >= 4 is 5.91 Å². The minimum Gasteiger partial charge on any atom is -0.347 e. The van der Waals surface area contributed by atoms with E-state index in [1.807, 2.05) is 31.2 Å². The van der Waals surface area contributed by atoms with Crippen LogP contribution in [0.15, 0.2) is 24.3 Å². The molecule has 5 rings (SSSR count). The number of fused-ring (bicyclic) bond motifs is 2. The van der Waals surface area contributed by atoms with E-state index in [1.165, 1.54) is 0 Å². The zero-order chi connectivity index (χ0) is 24.7. The lowest BCUT2D eigenvalue weighted by atomic mass is 9.98. The Morgan fingerprint density at radius 1 is 1.09 bits per heavy atom. The van der Waals surface area contributed by atoms with E-state index in [0.717, 1.165) is 42.0 Å². The molecule has 3 aromatic rings. The second kappa shape index (κ2) is 9.13. The SMILES string of the molecule is CCc1nc2n(c1C(=O)NCc1ccc(-c3nc4n(n3)CCC(C(F)(F)F)C4)cc1)CC[C@H](C)C2. The van der Waals surface area contributed by atoms with E-state index < -0.39 is 12.1 Å². The largest absolute Gasteiger partial charge is 0.392 e. The molecule has 0 saturated heterocycles. The lowest BCUT2D eigenvalue weighted by Gasteiger charge is -2.24. The van der Waals surface area contributed by atoms with Crippen LogP contribution in [0.2, 0.25) is 0 Å². The topological polar surface area (TPSA) is 77.6 Å². The predicted molar refractivity (Wildman–Crippen MR) is 124 cm³/mol. The van der Waals surface area contributed by atoms with E-state index in [2.05, 4.69) is 26.9 Å². The van der Waals surface area contributed by atoms with Crippen LogP contribution in [-0.2, 0) is 38.9 Å². The van der Waals surface area contributed by atoms with E-state index in [-0.39, 0.29) is 25.3 Å². The molecule has 2 aromatic heterocycles. The van der Waals surface area contributed by atoms with Gasteiger partial charge in [-0.3, -0.25) is 4.79 Å². The van der Waals surface area contributed by atoms with Crippen LogP contribution in [0.4, 0.5) is 13.2 Å². The van der Waals surface area contributed by atoms with Gasteiger partial charge in [-0.2, -0.15) is 18.3 Å². The van der Waals surface area contributed by atoms with Gasteiger partial charge in [-0.15, -0.1) is 0 Å². The first-order chi connectivity index (χ1) is 16.7. The van der Waals surface area contributed by atoms with Crippen LogP contribution >= 0.6 is 0 Å². The van der Waals surface area contributed by atoms with E-state index in [9.17, 15) is 18.0 Å². The van der Waals surface area contributed by atoms with Crippen molar-refractivity contribution in [2.75, 3.05) is 0 Å². The van der Waals surface area contributed by atoms with Crippen LogP contribution in [0.25, 0.3) is 11.4 Å². The van der Waals surface area contributed by atoms with Crippen LogP contribution in [0.1, 0.15) is 60.1 Å². The van der Waals surface area contributed by atoms with Crippen LogP contribution in [-0.4, -0.2) is 36.4 Å². The van der Waals surface area contributed by atoms with Gasteiger partial charge in [0.15, 0.2) is 5.82 Å². The monoisotopic (exact) mass is 486 g/mol. The standard InChI is InChI=1S/C25H29F3N6O/c1-3-19-22(33-10-8-15(2)12-20(33)30-19)24(35)29-14-16-4-6-17(7-5-16)23-31-21-13-18(25(26,27)28)9-11-34(21)32-23/h4-7,15,18H,3,8-14H2,1-2H3,(H,29,35)/t15-,18?/m0/s1.